The van der Waals surface area contributed by atoms with Crippen LogP contribution in [0.1, 0.15) is 53.6 Å². The van der Waals surface area contributed by atoms with Crippen molar-refractivity contribution < 1.29 is 19.1 Å². The average molecular weight is 396 g/mol. The minimum atomic E-state index is -0.348. The Labute approximate surface area is 170 Å². The van der Waals surface area contributed by atoms with Gasteiger partial charge >= 0.3 is 5.97 Å². The number of aromatic hydroxyl groups is 1. The van der Waals surface area contributed by atoms with Gasteiger partial charge in [0.15, 0.2) is 0 Å². The van der Waals surface area contributed by atoms with Gasteiger partial charge in [-0.2, -0.15) is 0 Å². The van der Waals surface area contributed by atoms with Crippen molar-refractivity contribution in [1.29, 1.82) is 0 Å². The van der Waals surface area contributed by atoms with Crippen molar-refractivity contribution in [2.75, 3.05) is 19.7 Å². The van der Waals surface area contributed by atoms with E-state index in [1.165, 1.54) is 19.3 Å². The second-order valence-corrected chi connectivity index (χ2v) is 7.64. The maximum absolute atomic E-state index is 12.9. The molecule has 0 aliphatic carbocycles. The number of phenols is 1. The predicted molar refractivity (Wildman–Crippen MR) is 111 cm³/mol. The first-order valence-electron chi connectivity index (χ1n) is 10.4. The molecule has 0 spiro atoms. The number of benzene rings is 1. The Balaban J connectivity index is 1.87. The van der Waals surface area contributed by atoms with E-state index in [1.54, 1.807) is 19.3 Å². The van der Waals surface area contributed by atoms with Crippen LogP contribution in [0.15, 0.2) is 34.9 Å². The molecule has 0 saturated carbocycles. The van der Waals surface area contributed by atoms with Gasteiger partial charge < -0.3 is 18.8 Å². The van der Waals surface area contributed by atoms with Crippen molar-refractivity contribution in [2.45, 2.75) is 46.2 Å². The molecule has 2 aromatic heterocycles. The zero-order chi connectivity index (χ0) is 20.4. The van der Waals surface area contributed by atoms with Crippen LogP contribution in [0.25, 0.3) is 10.9 Å². The lowest BCUT2D eigenvalue weighted by Crippen LogP contribution is -2.29. The first-order valence-corrected chi connectivity index (χ1v) is 10.4. The van der Waals surface area contributed by atoms with Gasteiger partial charge in [-0.1, -0.05) is 6.42 Å². The van der Waals surface area contributed by atoms with Gasteiger partial charge in [0.2, 0.25) is 0 Å². The fourth-order valence-electron chi connectivity index (χ4n) is 4.34. The third kappa shape index (κ3) is 3.77. The molecule has 154 valence electrons. The Morgan fingerprint density at radius 1 is 1.17 bits per heavy atom. The van der Waals surface area contributed by atoms with Crippen LogP contribution in [-0.2, 0) is 17.8 Å². The maximum atomic E-state index is 12.9. The summed E-state index contributed by atoms with van der Waals surface area (Å²) >= 11 is 0. The van der Waals surface area contributed by atoms with E-state index in [0.717, 1.165) is 41.0 Å². The topological polar surface area (TPSA) is 67.8 Å². The van der Waals surface area contributed by atoms with Crippen LogP contribution in [0.5, 0.6) is 5.75 Å². The number of furan rings is 1. The quantitative estimate of drug-likeness (QED) is 0.623. The summed E-state index contributed by atoms with van der Waals surface area (Å²) in [6, 6.07) is 7.39. The molecule has 0 radical (unpaired) electrons. The standard InChI is InChI=1S/C23H28N2O4/c1-3-28-23(27)21-16(2)25(14-17-8-7-13-29-17)19-9-10-20(26)18(22(19)21)15-24-11-5-4-6-12-24/h7-10,13,26H,3-6,11-12,14-15H2,1-2H3. The van der Waals surface area contributed by atoms with Gasteiger partial charge in [-0.05, 0) is 64.0 Å². The molecule has 1 fully saturated rings. The molecule has 0 amide bonds. The summed E-state index contributed by atoms with van der Waals surface area (Å²) in [4.78, 5) is 15.3. The minimum absolute atomic E-state index is 0.226. The Morgan fingerprint density at radius 2 is 1.97 bits per heavy atom. The zero-order valence-electron chi connectivity index (χ0n) is 17.1. The molecular weight excluding hydrogens is 368 g/mol. The van der Waals surface area contributed by atoms with E-state index < -0.39 is 0 Å². The molecule has 1 aliphatic heterocycles. The van der Waals surface area contributed by atoms with Gasteiger partial charge in [0.1, 0.15) is 11.5 Å². The fourth-order valence-corrected chi connectivity index (χ4v) is 4.34. The number of nitrogens with zero attached hydrogens (tertiary/aromatic N) is 2. The van der Waals surface area contributed by atoms with Crippen molar-refractivity contribution in [2.24, 2.45) is 0 Å². The zero-order valence-corrected chi connectivity index (χ0v) is 17.1. The number of rotatable bonds is 6. The molecule has 1 aliphatic rings. The third-order valence-corrected chi connectivity index (χ3v) is 5.78. The van der Waals surface area contributed by atoms with Gasteiger partial charge in [-0.15, -0.1) is 0 Å². The van der Waals surface area contributed by atoms with Gasteiger partial charge in [0.05, 0.1) is 30.5 Å². The molecule has 1 N–H and O–H groups in total. The van der Waals surface area contributed by atoms with Crippen LogP contribution in [0.3, 0.4) is 0 Å². The normalized spacial score (nSPS) is 15.1. The summed E-state index contributed by atoms with van der Waals surface area (Å²) in [5.41, 5.74) is 3.07. The number of likely N-dealkylation sites (tertiary alicyclic amines) is 1. The average Bonchev–Trinajstić information content (AvgIpc) is 3.32. The van der Waals surface area contributed by atoms with Crippen molar-refractivity contribution in [3.05, 3.63) is 53.1 Å². The van der Waals surface area contributed by atoms with Crippen molar-refractivity contribution in [3.8, 4) is 5.75 Å². The molecule has 0 unspecified atom stereocenters. The van der Waals surface area contributed by atoms with Crippen LogP contribution < -0.4 is 0 Å². The lowest BCUT2D eigenvalue weighted by molar-refractivity contribution is 0.0527. The van der Waals surface area contributed by atoms with Crippen molar-refractivity contribution in [1.82, 2.24) is 9.47 Å². The van der Waals surface area contributed by atoms with E-state index in [2.05, 4.69) is 9.47 Å². The first-order chi connectivity index (χ1) is 14.1. The molecule has 0 bridgehead atoms. The van der Waals surface area contributed by atoms with Gasteiger partial charge in [0.25, 0.3) is 0 Å². The number of aromatic nitrogens is 1. The third-order valence-electron chi connectivity index (χ3n) is 5.78. The highest BCUT2D eigenvalue weighted by Crippen LogP contribution is 2.36. The van der Waals surface area contributed by atoms with E-state index in [-0.39, 0.29) is 11.7 Å². The minimum Gasteiger partial charge on any atom is -0.508 e. The largest absolute Gasteiger partial charge is 0.508 e. The van der Waals surface area contributed by atoms with Crippen LogP contribution >= 0.6 is 0 Å². The molecule has 6 nitrogen and oxygen atoms in total. The van der Waals surface area contributed by atoms with Crippen LogP contribution in [0.4, 0.5) is 0 Å². The van der Waals surface area contributed by atoms with Crippen LogP contribution in [-0.4, -0.2) is 40.2 Å². The second kappa shape index (κ2) is 8.33. The summed E-state index contributed by atoms with van der Waals surface area (Å²) in [6.07, 6.45) is 5.23. The fraction of sp³-hybridized carbons (Fsp3) is 0.435. The molecule has 0 atom stereocenters. The Kier molecular flexibility index (Phi) is 5.62. The predicted octanol–water partition coefficient (Wildman–Crippen LogP) is 4.46. The SMILES string of the molecule is CCOC(=O)c1c(C)n(Cc2ccco2)c2ccc(O)c(CN3CCCCC3)c12. The Hall–Kier alpha value is -2.73. The van der Waals surface area contributed by atoms with Gasteiger partial charge in [-0.3, -0.25) is 4.90 Å². The highest BCUT2D eigenvalue weighted by Gasteiger charge is 2.26. The molecule has 3 heterocycles. The molecule has 3 aromatic rings. The van der Waals surface area contributed by atoms with Crippen molar-refractivity contribution >= 4 is 16.9 Å². The molecule has 29 heavy (non-hydrogen) atoms. The summed E-state index contributed by atoms with van der Waals surface area (Å²) in [5.74, 6) is 0.688. The lowest BCUT2D eigenvalue weighted by atomic mass is 10.0. The molecule has 1 saturated heterocycles. The summed E-state index contributed by atoms with van der Waals surface area (Å²) in [5, 5.41) is 11.5. The number of carbonyl (C=O) groups is 1. The van der Waals surface area contributed by atoms with E-state index in [1.807, 2.05) is 25.1 Å². The molecule has 6 heteroatoms. The molecule has 1 aromatic carbocycles. The van der Waals surface area contributed by atoms with E-state index >= 15 is 0 Å². The van der Waals surface area contributed by atoms with Gasteiger partial charge in [-0.25, -0.2) is 4.79 Å². The first kappa shape index (κ1) is 19.6. The number of phenolic OH excluding ortho intramolecular Hbond substituents is 1. The highest BCUT2D eigenvalue weighted by atomic mass is 16.5. The summed E-state index contributed by atoms with van der Waals surface area (Å²) in [6.45, 7) is 7.21. The summed E-state index contributed by atoms with van der Waals surface area (Å²) in [7, 11) is 0. The summed E-state index contributed by atoms with van der Waals surface area (Å²) < 4.78 is 13.0. The number of hydrogen-bond donors (Lipinski definition) is 1. The highest BCUT2D eigenvalue weighted by molar-refractivity contribution is 6.08. The van der Waals surface area contributed by atoms with E-state index in [9.17, 15) is 9.90 Å². The number of fused-ring (bicyclic) bond motifs is 1. The van der Waals surface area contributed by atoms with Crippen LogP contribution in [0, 0.1) is 6.92 Å². The number of ether oxygens (including phenoxy) is 1. The lowest BCUT2D eigenvalue weighted by Gasteiger charge is -2.27. The Bertz CT molecular complexity index is 998. The number of esters is 1. The number of piperidine rings is 1. The van der Waals surface area contributed by atoms with Crippen molar-refractivity contribution in [3.63, 3.8) is 0 Å². The maximum Gasteiger partial charge on any atom is 0.340 e. The molecule has 4 rings (SSSR count). The van der Waals surface area contributed by atoms with E-state index in [4.69, 9.17) is 9.15 Å². The monoisotopic (exact) mass is 396 g/mol. The molecular formula is C23H28N2O4. The van der Waals surface area contributed by atoms with Crippen LogP contribution in [0.2, 0.25) is 0 Å². The Morgan fingerprint density at radius 3 is 2.66 bits per heavy atom. The van der Waals surface area contributed by atoms with Gasteiger partial charge in [0, 0.05) is 23.2 Å². The smallest absolute Gasteiger partial charge is 0.340 e. The number of hydrogen-bond acceptors (Lipinski definition) is 5. The second-order valence-electron chi connectivity index (χ2n) is 7.64. The van der Waals surface area contributed by atoms with E-state index in [0.29, 0.717) is 25.3 Å². The number of carbonyl (C=O) groups excluding carboxylic acids is 1.